The van der Waals surface area contributed by atoms with Gasteiger partial charge in [0, 0.05) is 101 Å². The van der Waals surface area contributed by atoms with Gasteiger partial charge in [0.15, 0.2) is 0 Å². The predicted molar refractivity (Wildman–Crippen MR) is 328 cm³/mol. The van der Waals surface area contributed by atoms with Gasteiger partial charge in [0.25, 0.3) is 0 Å². The number of carbonyl (C=O) groups is 3. The molecule has 2 aliphatic carbocycles. The van der Waals surface area contributed by atoms with Crippen molar-refractivity contribution in [2.24, 2.45) is 47.3 Å². The van der Waals surface area contributed by atoms with Crippen LogP contribution >= 0.6 is 23.2 Å². The Bertz CT molecular complexity index is 2230. The maximum absolute atomic E-state index is 15.8. The Morgan fingerprint density at radius 2 is 1.11 bits per heavy atom. The summed E-state index contributed by atoms with van der Waals surface area (Å²) < 4.78 is 41.4. The fraction of sp³-hybridized carbons (Fsp3) is 0.758. The van der Waals surface area contributed by atoms with E-state index in [1.807, 2.05) is 57.7 Å². The fourth-order valence-electron chi connectivity index (χ4n) is 13.5. The molecule has 0 aromatic heterocycles. The Hall–Kier alpha value is -3.42. The molecule has 82 heavy (non-hydrogen) atoms. The van der Waals surface area contributed by atoms with Crippen LogP contribution < -0.4 is 16.0 Å². The molecule has 4 N–H and O–H groups in total. The Labute approximate surface area is 503 Å². The van der Waals surface area contributed by atoms with E-state index in [0.29, 0.717) is 94.8 Å². The van der Waals surface area contributed by atoms with Crippen molar-refractivity contribution in [3.63, 3.8) is 0 Å². The SMILES string of the molecule is CC(C)C#N.CNC[C@@H](CC(=O)N1CCC[C@@H]([C@@](O)(CCCCOC)c2cccc(Cl)c2F)C1)CC1CCCCC1.CNC[C@@H](CC(=O)N1CCC[C@@H]([C@](CCCCOC)(NC(=O)C(C)C)c2cccc(Cl)c2F)C1)CC1CCCCC1. The summed E-state index contributed by atoms with van der Waals surface area (Å²) in [7, 11) is 7.25. The van der Waals surface area contributed by atoms with E-state index in [9.17, 15) is 19.5 Å². The Morgan fingerprint density at radius 3 is 1.56 bits per heavy atom. The number of amides is 3. The lowest BCUT2D eigenvalue weighted by Crippen LogP contribution is -2.57. The van der Waals surface area contributed by atoms with Gasteiger partial charge in [-0.15, -0.1) is 0 Å². The summed E-state index contributed by atoms with van der Waals surface area (Å²) in [5.41, 5.74) is -1.69. The first-order chi connectivity index (χ1) is 39.4. The van der Waals surface area contributed by atoms with Crippen molar-refractivity contribution in [1.82, 2.24) is 25.8 Å². The van der Waals surface area contributed by atoms with E-state index in [2.05, 4.69) is 16.0 Å². The van der Waals surface area contributed by atoms with E-state index in [-0.39, 0.29) is 57.0 Å². The summed E-state index contributed by atoms with van der Waals surface area (Å²) in [6.45, 7) is 12.6. The number of halogens is 4. The van der Waals surface area contributed by atoms with E-state index < -0.39 is 22.8 Å². The molecule has 16 heteroatoms. The molecule has 2 heterocycles. The molecule has 6 rings (SSSR count). The number of ether oxygens (including phenoxy) is 2. The number of hydrogen-bond donors (Lipinski definition) is 4. The number of methoxy groups -OCH3 is 2. The van der Waals surface area contributed by atoms with Gasteiger partial charge in [0.1, 0.15) is 11.6 Å². The molecular weight excluding hydrogens is 1080 g/mol. The molecule has 2 saturated heterocycles. The second-order valence-electron chi connectivity index (χ2n) is 25.0. The molecule has 2 aromatic carbocycles. The Balaban J connectivity index is 0.000000328. The smallest absolute Gasteiger partial charge is 0.223 e. The molecule has 2 saturated carbocycles. The topological polar surface area (TPSA) is 156 Å². The highest BCUT2D eigenvalue weighted by Crippen LogP contribution is 2.45. The molecule has 0 radical (unpaired) electrons. The standard InChI is InChI=1S/C33H53ClFN3O3.C29H46ClFN2O3.C4H7N/c1-24(2)32(40)37-33(17-8-9-19-41-4,28-15-10-16-29(34)31(28)35)27-14-11-18-38(23-27)30(39)21-26(22-36-3)20-25-12-6-5-7-13-25;1-32-20-23(18-22-10-4-3-5-11-22)19-27(34)33-16-9-12-24(21-33)29(35,15-6-7-17-36-2)25-13-8-14-26(30)28(25)31;1-4(2)3-5/h10,15-16,24-27,36H,5-9,11-14,17-23H2,1-4H3,(H,37,40);8,13-14,22-24,32,35H,3-7,9-12,15-21H2,1-2H3;4H,1-2H3/t26-,27-,33+;23-,24-,29+;/m11./s1. The molecule has 0 unspecified atom stereocenters. The van der Waals surface area contributed by atoms with Gasteiger partial charge in [-0.25, -0.2) is 8.78 Å². The van der Waals surface area contributed by atoms with Crippen molar-refractivity contribution in [2.75, 3.05) is 80.8 Å². The van der Waals surface area contributed by atoms with E-state index in [1.54, 1.807) is 44.6 Å². The summed E-state index contributed by atoms with van der Waals surface area (Å²) in [6.07, 6.45) is 23.3. The lowest BCUT2D eigenvalue weighted by Gasteiger charge is -2.47. The monoisotopic (exact) mass is 1190 g/mol. The van der Waals surface area contributed by atoms with Gasteiger partial charge in [-0.2, -0.15) is 5.26 Å². The number of nitriles is 1. The average Bonchev–Trinajstić information content (AvgIpc) is 3.66. The van der Waals surface area contributed by atoms with Crippen molar-refractivity contribution in [2.45, 2.75) is 193 Å². The Morgan fingerprint density at radius 1 is 0.671 bits per heavy atom. The van der Waals surface area contributed by atoms with Crippen LogP contribution in [0.4, 0.5) is 8.78 Å². The second kappa shape index (κ2) is 37.9. The van der Waals surface area contributed by atoms with Crippen LogP contribution in [0.1, 0.15) is 193 Å². The number of likely N-dealkylation sites (tertiary alicyclic amines) is 2. The molecule has 2 aliphatic heterocycles. The fourth-order valence-corrected chi connectivity index (χ4v) is 13.8. The highest BCUT2D eigenvalue weighted by atomic mass is 35.5. The van der Waals surface area contributed by atoms with E-state index >= 15 is 8.78 Å². The minimum absolute atomic E-state index is 0.0178. The summed E-state index contributed by atoms with van der Waals surface area (Å²) in [5.74, 6) is 0.757. The van der Waals surface area contributed by atoms with Gasteiger partial charge >= 0.3 is 0 Å². The third kappa shape index (κ3) is 22.5. The molecule has 12 nitrogen and oxygen atoms in total. The number of unbranched alkanes of at least 4 members (excludes halogenated alkanes) is 2. The number of benzene rings is 2. The van der Waals surface area contributed by atoms with Crippen LogP contribution in [0.15, 0.2) is 36.4 Å². The van der Waals surface area contributed by atoms with E-state index in [1.165, 1.54) is 70.3 Å². The van der Waals surface area contributed by atoms with Crippen LogP contribution in [0.3, 0.4) is 0 Å². The van der Waals surface area contributed by atoms with Crippen molar-refractivity contribution in [3.8, 4) is 6.07 Å². The van der Waals surface area contributed by atoms with Crippen LogP contribution in [0.2, 0.25) is 10.0 Å². The predicted octanol–water partition coefficient (Wildman–Crippen LogP) is 13.8. The van der Waals surface area contributed by atoms with Gasteiger partial charge in [-0.3, -0.25) is 14.4 Å². The maximum Gasteiger partial charge on any atom is 0.223 e. The normalized spacial score (nSPS) is 20.3. The molecule has 2 aromatic rings. The van der Waals surface area contributed by atoms with Crippen LogP contribution in [-0.2, 0) is 35.0 Å². The number of rotatable bonds is 28. The molecule has 6 atom stereocenters. The Kier molecular flexibility index (Phi) is 32.8. The number of nitrogens with zero attached hydrogens (tertiary/aromatic N) is 3. The summed E-state index contributed by atoms with van der Waals surface area (Å²) in [6, 6.07) is 11.9. The number of nitrogens with one attached hydrogen (secondary N) is 3. The van der Waals surface area contributed by atoms with Crippen LogP contribution in [0.5, 0.6) is 0 Å². The van der Waals surface area contributed by atoms with Gasteiger partial charge in [-0.1, -0.05) is 126 Å². The third-order valence-electron chi connectivity index (χ3n) is 17.9. The van der Waals surface area contributed by atoms with E-state index in [4.69, 9.17) is 37.9 Å². The average molecular weight is 1190 g/mol. The van der Waals surface area contributed by atoms with Gasteiger partial charge in [-0.05, 0) is 154 Å². The van der Waals surface area contributed by atoms with Gasteiger partial charge in [0.2, 0.25) is 17.7 Å². The summed E-state index contributed by atoms with van der Waals surface area (Å²) >= 11 is 12.4. The quantitative estimate of drug-likeness (QED) is 0.0609. The van der Waals surface area contributed by atoms with Gasteiger partial charge < -0.3 is 40.3 Å². The van der Waals surface area contributed by atoms with Crippen molar-refractivity contribution < 1.29 is 37.7 Å². The first-order valence-corrected chi connectivity index (χ1v) is 32.3. The van der Waals surface area contributed by atoms with Crippen LogP contribution in [0, 0.1) is 70.3 Å². The first-order valence-electron chi connectivity index (χ1n) is 31.5. The zero-order valence-corrected chi connectivity index (χ0v) is 53.1. The number of aliphatic hydroxyl groups is 1. The molecule has 4 aliphatic rings. The lowest BCUT2D eigenvalue weighted by atomic mass is 9.70. The van der Waals surface area contributed by atoms with Crippen molar-refractivity contribution in [3.05, 3.63) is 69.2 Å². The van der Waals surface area contributed by atoms with E-state index in [0.717, 1.165) is 76.8 Å². The zero-order valence-electron chi connectivity index (χ0n) is 51.6. The number of carbonyl (C=O) groups excluding carboxylic acids is 3. The van der Waals surface area contributed by atoms with Crippen LogP contribution in [-0.4, -0.2) is 113 Å². The van der Waals surface area contributed by atoms with Crippen molar-refractivity contribution in [1.29, 1.82) is 5.26 Å². The second-order valence-corrected chi connectivity index (χ2v) is 25.8. The number of hydrogen-bond acceptors (Lipinski definition) is 9. The highest BCUT2D eigenvalue weighted by Gasteiger charge is 2.47. The largest absolute Gasteiger partial charge is 0.385 e. The van der Waals surface area contributed by atoms with Gasteiger partial charge in [0.05, 0.1) is 27.3 Å². The minimum atomic E-state index is -1.38. The highest BCUT2D eigenvalue weighted by molar-refractivity contribution is 6.31. The number of piperidine rings is 2. The van der Waals surface area contributed by atoms with Crippen LogP contribution in [0.25, 0.3) is 0 Å². The third-order valence-corrected chi connectivity index (χ3v) is 18.5. The maximum atomic E-state index is 15.8. The summed E-state index contributed by atoms with van der Waals surface area (Å²) in [5, 5.41) is 29.9. The molecule has 4 fully saturated rings. The molecule has 464 valence electrons. The first kappa shape index (κ1) is 71.1. The molecular formula is C66H106Cl2F2N6O6. The minimum Gasteiger partial charge on any atom is -0.385 e. The molecule has 3 amide bonds. The summed E-state index contributed by atoms with van der Waals surface area (Å²) in [4.78, 5) is 44.4. The zero-order chi connectivity index (χ0) is 60.1. The molecule has 0 spiro atoms. The lowest BCUT2D eigenvalue weighted by molar-refractivity contribution is -0.138. The molecule has 0 bridgehead atoms. The van der Waals surface area contributed by atoms with Crippen molar-refractivity contribution >= 4 is 40.9 Å².